The van der Waals surface area contributed by atoms with Crippen molar-refractivity contribution in [2.24, 2.45) is 0 Å². The molecule has 0 fully saturated rings. The molecule has 1 aromatic heterocycles. The average Bonchev–Trinajstić information content (AvgIpc) is 3.47. The van der Waals surface area contributed by atoms with Crippen molar-refractivity contribution in [3.8, 4) is 67.5 Å². The molecule has 0 aliphatic carbocycles. The van der Waals surface area contributed by atoms with E-state index >= 15 is 0 Å². The van der Waals surface area contributed by atoms with Crippen molar-refractivity contribution >= 4 is 40.0 Å². The lowest BCUT2D eigenvalue weighted by Crippen LogP contribution is -2.49. The minimum absolute atomic E-state index is 0.657. The Bertz CT molecular complexity index is 2860. The first-order valence-corrected chi connectivity index (χ1v) is 21.2. The summed E-state index contributed by atoms with van der Waals surface area (Å²) in [5, 5.41) is 7.69. The van der Waals surface area contributed by atoms with E-state index in [0.29, 0.717) is 17.5 Å². The second-order valence-electron chi connectivity index (χ2n) is 14.4. The fraction of sp³-hybridized carbons (Fsp3) is 0.0408. The van der Waals surface area contributed by atoms with Gasteiger partial charge in [0, 0.05) is 16.7 Å². The molecule has 53 heavy (non-hydrogen) atoms. The van der Waals surface area contributed by atoms with Gasteiger partial charge in [-0.2, -0.15) is 0 Å². The lowest BCUT2D eigenvalue weighted by molar-refractivity contribution is 1.08. The van der Waals surface area contributed by atoms with E-state index in [1.807, 2.05) is 0 Å². The van der Waals surface area contributed by atoms with Crippen molar-refractivity contribution in [2.75, 3.05) is 0 Å². The Morgan fingerprint density at radius 2 is 0.887 bits per heavy atom. The molecule has 0 N–H and O–H groups in total. The van der Waals surface area contributed by atoms with Gasteiger partial charge in [-0.05, 0) is 77.4 Å². The maximum Gasteiger partial charge on any atom is 0.164 e. The molecule has 3 nitrogen and oxygen atoms in total. The third kappa shape index (κ3) is 5.14. The van der Waals surface area contributed by atoms with Gasteiger partial charge in [-0.15, -0.1) is 0 Å². The third-order valence-electron chi connectivity index (χ3n) is 10.9. The summed E-state index contributed by atoms with van der Waals surface area (Å²) >= 11 is 0. The van der Waals surface area contributed by atoms with Gasteiger partial charge in [-0.3, -0.25) is 0 Å². The third-order valence-corrected chi connectivity index (χ3v) is 14.5. The van der Waals surface area contributed by atoms with Crippen LogP contribution in [0.1, 0.15) is 0 Å². The van der Waals surface area contributed by atoms with Crippen LogP contribution < -0.4 is 10.4 Å². The Balaban J connectivity index is 1.25. The van der Waals surface area contributed by atoms with Crippen LogP contribution in [0.3, 0.4) is 0 Å². The van der Waals surface area contributed by atoms with E-state index in [9.17, 15) is 0 Å². The lowest BCUT2D eigenvalue weighted by Gasteiger charge is -2.19. The number of fused-ring (bicyclic) bond motifs is 6. The first-order chi connectivity index (χ1) is 26.0. The predicted octanol–water partition coefficient (Wildman–Crippen LogP) is 11.3. The SMILES string of the molecule is C[Si]1(C)c2cccc(-c3nc(-c4cccc(-c5ccccc5)c4)nc(-c4ccc(-c5ccccc5)c5ccccc45)n3)c2-c2c1ccc1ccccc21. The van der Waals surface area contributed by atoms with Crippen molar-refractivity contribution in [1.29, 1.82) is 0 Å². The standard InChI is InChI=1S/C49H35N3Si/c1-53(2)43-26-14-25-42(46(43)45-38-22-10-9-19-34(38)27-30-44(45)53)49-51-47(36-21-13-20-35(31-36)32-15-5-3-6-16-32)50-48(52-49)41-29-28-37(33-17-7-4-8-18-33)39-23-11-12-24-40(39)41/h3-31H,1-2H3. The van der Waals surface area contributed by atoms with Crippen LogP contribution in [0, 0.1) is 0 Å². The van der Waals surface area contributed by atoms with Gasteiger partial charge in [0.1, 0.15) is 8.07 Å². The molecule has 0 saturated heterocycles. The summed E-state index contributed by atoms with van der Waals surface area (Å²) in [5.41, 5.74) is 10.2. The Hall–Kier alpha value is -6.49. The minimum atomic E-state index is -2.01. The molecule has 9 aromatic rings. The molecule has 0 bridgehead atoms. The highest BCUT2D eigenvalue weighted by atomic mass is 28.3. The van der Waals surface area contributed by atoms with E-state index < -0.39 is 8.07 Å². The van der Waals surface area contributed by atoms with Gasteiger partial charge < -0.3 is 0 Å². The number of nitrogens with zero attached hydrogens (tertiary/aromatic N) is 3. The Labute approximate surface area is 310 Å². The normalized spacial score (nSPS) is 12.9. The molecule has 1 aliphatic heterocycles. The molecule has 0 saturated carbocycles. The largest absolute Gasteiger partial charge is 0.208 e. The maximum absolute atomic E-state index is 5.40. The second kappa shape index (κ2) is 12.3. The first kappa shape index (κ1) is 31.3. The molecule has 0 spiro atoms. The van der Waals surface area contributed by atoms with Crippen molar-refractivity contribution in [3.05, 3.63) is 176 Å². The van der Waals surface area contributed by atoms with Gasteiger partial charge in [0.2, 0.25) is 0 Å². The van der Waals surface area contributed by atoms with E-state index in [-0.39, 0.29) is 0 Å². The minimum Gasteiger partial charge on any atom is -0.208 e. The predicted molar refractivity (Wildman–Crippen MR) is 224 cm³/mol. The molecule has 250 valence electrons. The molecule has 8 aromatic carbocycles. The summed E-state index contributed by atoms with van der Waals surface area (Å²) in [6.45, 7) is 4.94. The zero-order valence-corrected chi connectivity index (χ0v) is 30.6. The van der Waals surface area contributed by atoms with Crippen LogP contribution in [0.5, 0.6) is 0 Å². The number of hydrogen-bond donors (Lipinski definition) is 0. The molecule has 0 atom stereocenters. The fourth-order valence-corrected chi connectivity index (χ4v) is 11.4. The average molecular weight is 694 g/mol. The Morgan fingerprint density at radius 1 is 0.340 bits per heavy atom. The monoisotopic (exact) mass is 693 g/mol. The highest BCUT2D eigenvalue weighted by molar-refractivity contribution is 7.04. The molecule has 10 rings (SSSR count). The number of aromatic nitrogens is 3. The summed E-state index contributed by atoms with van der Waals surface area (Å²) in [5.74, 6) is 2.01. The molecule has 4 heteroatoms. The van der Waals surface area contributed by atoms with E-state index in [0.717, 1.165) is 33.2 Å². The molecular formula is C49H35N3Si. The molecule has 0 unspecified atom stereocenters. The van der Waals surface area contributed by atoms with E-state index in [1.165, 1.54) is 48.8 Å². The van der Waals surface area contributed by atoms with Crippen molar-refractivity contribution in [2.45, 2.75) is 13.1 Å². The van der Waals surface area contributed by atoms with Crippen LogP contribution in [-0.4, -0.2) is 23.0 Å². The highest BCUT2D eigenvalue weighted by Crippen LogP contribution is 2.41. The van der Waals surface area contributed by atoms with E-state index in [1.54, 1.807) is 0 Å². The quantitative estimate of drug-likeness (QED) is 0.168. The zero-order chi connectivity index (χ0) is 35.5. The summed E-state index contributed by atoms with van der Waals surface area (Å²) in [4.78, 5) is 16.0. The molecule has 1 aliphatic rings. The van der Waals surface area contributed by atoms with Crippen LogP contribution >= 0.6 is 0 Å². The van der Waals surface area contributed by atoms with Gasteiger partial charge in [-0.1, -0.05) is 177 Å². The topological polar surface area (TPSA) is 38.7 Å². The van der Waals surface area contributed by atoms with Gasteiger partial charge in [0.25, 0.3) is 0 Å². The van der Waals surface area contributed by atoms with Gasteiger partial charge in [0.15, 0.2) is 17.5 Å². The van der Waals surface area contributed by atoms with Crippen LogP contribution in [0.25, 0.3) is 89.1 Å². The van der Waals surface area contributed by atoms with Gasteiger partial charge in [0.05, 0.1) is 0 Å². The molecule has 0 amide bonds. The maximum atomic E-state index is 5.40. The lowest BCUT2D eigenvalue weighted by atomic mass is 9.94. The van der Waals surface area contributed by atoms with Crippen LogP contribution in [0.4, 0.5) is 0 Å². The number of hydrogen-bond acceptors (Lipinski definition) is 3. The highest BCUT2D eigenvalue weighted by Gasteiger charge is 2.40. The smallest absolute Gasteiger partial charge is 0.164 e. The van der Waals surface area contributed by atoms with Crippen molar-refractivity contribution in [3.63, 3.8) is 0 Å². The summed E-state index contributed by atoms with van der Waals surface area (Å²) in [6, 6.07) is 62.8. The van der Waals surface area contributed by atoms with Crippen molar-refractivity contribution in [1.82, 2.24) is 15.0 Å². The molecule has 2 heterocycles. The Morgan fingerprint density at radius 3 is 1.66 bits per heavy atom. The molecular weight excluding hydrogens is 659 g/mol. The van der Waals surface area contributed by atoms with Crippen LogP contribution in [0.2, 0.25) is 13.1 Å². The molecule has 0 radical (unpaired) electrons. The number of benzene rings is 8. The van der Waals surface area contributed by atoms with Crippen molar-refractivity contribution < 1.29 is 0 Å². The second-order valence-corrected chi connectivity index (χ2v) is 18.7. The zero-order valence-electron chi connectivity index (χ0n) is 29.6. The summed E-state index contributed by atoms with van der Waals surface area (Å²) in [7, 11) is -2.01. The summed E-state index contributed by atoms with van der Waals surface area (Å²) < 4.78 is 0. The van der Waals surface area contributed by atoms with Gasteiger partial charge in [-0.25, -0.2) is 15.0 Å². The first-order valence-electron chi connectivity index (χ1n) is 18.2. The van der Waals surface area contributed by atoms with Gasteiger partial charge >= 0.3 is 0 Å². The Kier molecular flexibility index (Phi) is 7.27. The van der Waals surface area contributed by atoms with E-state index in [2.05, 4.69) is 189 Å². The number of rotatable bonds is 5. The summed E-state index contributed by atoms with van der Waals surface area (Å²) in [6.07, 6.45) is 0. The van der Waals surface area contributed by atoms with E-state index in [4.69, 9.17) is 15.0 Å². The fourth-order valence-electron chi connectivity index (χ4n) is 8.31. The van der Waals surface area contributed by atoms with Crippen LogP contribution in [-0.2, 0) is 0 Å². The van der Waals surface area contributed by atoms with Crippen LogP contribution in [0.15, 0.2) is 176 Å².